The zero-order valence-electron chi connectivity index (χ0n) is 17.0. The number of carbonyl (C=O) groups is 1. The number of aliphatic imine (C=N–C) groups is 1. The highest BCUT2D eigenvalue weighted by Gasteiger charge is 2.22. The van der Waals surface area contributed by atoms with Crippen LogP contribution in [0.3, 0.4) is 0 Å². The van der Waals surface area contributed by atoms with E-state index >= 15 is 0 Å². The minimum absolute atomic E-state index is 0. The Kier molecular flexibility index (Phi) is 9.36. The summed E-state index contributed by atoms with van der Waals surface area (Å²) < 4.78 is 1.81. The topological polar surface area (TPSA) is 87.4 Å². The molecule has 9 heteroatoms. The van der Waals surface area contributed by atoms with Gasteiger partial charge in [0.15, 0.2) is 5.96 Å². The van der Waals surface area contributed by atoms with Gasteiger partial charge in [0.05, 0.1) is 6.54 Å². The lowest BCUT2D eigenvalue weighted by Gasteiger charge is -2.34. The first-order valence-corrected chi connectivity index (χ1v) is 9.74. The molecule has 0 bridgehead atoms. The smallest absolute Gasteiger partial charge is 0.220 e. The van der Waals surface area contributed by atoms with Crippen LogP contribution in [-0.4, -0.2) is 58.7 Å². The van der Waals surface area contributed by atoms with E-state index in [1.165, 1.54) is 11.1 Å². The van der Waals surface area contributed by atoms with Crippen molar-refractivity contribution in [1.82, 2.24) is 30.3 Å². The lowest BCUT2D eigenvalue weighted by molar-refractivity contribution is -0.121. The van der Waals surface area contributed by atoms with Gasteiger partial charge in [0, 0.05) is 40.2 Å². The molecule has 3 rings (SSSR count). The molecule has 8 nitrogen and oxygen atoms in total. The Hall–Kier alpha value is -2.17. The van der Waals surface area contributed by atoms with Crippen molar-refractivity contribution in [1.29, 1.82) is 0 Å². The number of nitrogens with zero attached hydrogens (tertiary/aromatic N) is 5. The highest BCUT2D eigenvalue weighted by molar-refractivity contribution is 14.0. The third kappa shape index (κ3) is 6.98. The largest absolute Gasteiger partial charge is 0.359 e. The van der Waals surface area contributed by atoms with Gasteiger partial charge in [-0.15, -0.1) is 24.0 Å². The lowest BCUT2D eigenvalue weighted by Crippen LogP contribution is -2.45. The number of amides is 1. The number of hydrogen-bond acceptors (Lipinski definition) is 4. The Balaban J connectivity index is 0.00000300. The monoisotopic (exact) mass is 511 g/mol. The first kappa shape index (κ1) is 23.1. The number of rotatable bonds is 6. The molecule has 1 aromatic carbocycles. The van der Waals surface area contributed by atoms with Crippen LogP contribution in [0.1, 0.15) is 30.4 Å². The van der Waals surface area contributed by atoms with E-state index in [0.29, 0.717) is 18.9 Å². The summed E-state index contributed by atoms with van der Waals surface area (Å²) >= 11 is 0. The quantitative estimate of drug-likeness (QED) is 0.352. The maximum Gasteiger partial charge on any atom is 0.220 e. The summed E-state index contributed by atoms with van der Waals surface area (Å²) in [6.07, 6.45) is 5.92. The fraction of sp³-hybridized carbons (Fsp3) is 0.500. The predicted octanol–water partition coefficient (Wildman–Crippen LogP) is 1.87. The molecular formula is C20H30IN7O. The number of carbonyl (C=O) groups excluding carboxylic acids is 1. The van der Waals surface area contributed by atoms with Crippen molar-refractivity contribution >= 4 is 35.8 Å². The van der Waals surface area contributed by atoms with Crippen LogP contribution in [0.15, 0.2) is 41.9 Å². The number of halogens is 1. The third-order valence-corrected chi connectivity index (χ3v) is 5.13. The average molecular weight is 511 g/mol. The van der Waals surface area contributed by atoms with Gasteiger partial charge in [0.1, 0.15) is 12.7 Å². The van der Waals surface area contributed by atoms with Crippen LogP contribution in [0.2, 0.25) is 0 Å². The van der Waals surface area contributed by atoms with Crippen LogP contribution in [0.5, 0.6) is 0 Å². The summed E-state index contributed by atoms with van der Waals surface area (Å²) in [5, 5.41) is 10.3. The normalized spacial score (nSPS) is 15.0. The van der Waals surface area contributed by atoms with Crippen molar-refractivity contribution in [2.75, 3.05) is 27.2 Å². The van der Waals surface area contributed by atoms with Crippen LogP contribution in [0, 0.1) is 5.92 Å². The zero-order valence-corrected chi connectivity index (χ0v) is 19.4. The second kappa shape index (κ2) is 11.7. The first-order chi connectivity index (χ1) is 13.7. The molecule has 0 atom stereocenters. The van der Waals surface area contributed by atoms with E-state index in [1.807, 2.05) is 11.7 Å². The first-order valence-electron chi connectivity index (χ1n) is 9.74. The van der Waals surface area contributed by atoms with Crippen LogP contribution in [-0.2, 0) is 17.9 Å². The highest BCUT2D eigenvalue weighted by Crippen LogP contribution is 2.20. The van der Waals surface area contributed by atoms with Gasteiger partial charge in [-0.2, -0.15) is 5.10 Å². The molecule has 0 saturated carbocycles. The summed E-state index contributed by atoms with van der Waals surface area (Å²) in [7, 11) is 3.52. The number of piperidine rings is 1. The van der Waals surface area contributed by atoms with E-state index < -0.39 is 0 Å². The molecule has 2 aromatic rings. The molecule has 0 unspecified atom stereocenters. The van der Waals surface area contributed by atoms with Gasteiger partial charge in [-0.1, -0.05) is 24.3 Å². The number of guanidine groups is 1. The molecule has 2 heterocycles. The molecule has 158 valence electrons. The second-order valence-electron chi connectivity index (χ2n) is 7.12. The molecular weight excluding hydrogens is 481 g/mol. The van der Waals surface area contributed by atoms with E-state index in [4.69, 9.17) is 0 Å². The fourth-order valence-corrected chi connectivity index (χ4v) is 3.57. The molecule has 1 saturated heterocycles. The number of likely N-dealkylation sites (tertiary alicyclic amines) is 1. The van der Waals surface area contributed by atoms with Crippen LogP contribution in [0.25, 0.3) is 0 Å². The summed E-state index contributed by atoms with van der Waals surface area (Å²) in [4.78, 5) is 22.3. The van der Waals surface area contributed by atoms with Crippen molar-refractivity contribution < 1.29 is 4.79 Å². The van der Waals surface area contributed by atoms with E-state index in [0.717, 1.165) is 38.4 Å². The maximum absolute atomic E-state index is 11.6. The Morgan fingerprint density at radius 3 is 2.69 bits per heavy atom. The molecule has 0 radical (unpaired) electrons. The number of hydrogen-bond donors (Lipinski definition) is 2. The molecule has 1 aliphatic heterocycles. The van der Waals surface area contributed by atoms with E-state index in [2.05, 4.69) is 54.9 Å². The molecule has 2 N–H and O–H groups in total. The highest BCUT2D eigenvalue weighted by atomic mass is 127. The molecule has 1 amide bonds. The van der Waals surface area contributed by atoms with Crippen molar-refractivity contribution in [3.05, 3.63) is 48.0 Å². The number of nitrogens with one attached hydrogen (secondary N) is 2. The summed E-state index contributed by atoms with van der Waals surface area (Å²) in [6.45, 7) is 3.28. The van der Waals surface area contributed by atoms with E-state index in [-0.39, 0.29) is 29.9 Å². The van der Waals surface area contributed by atoms with Gasteiger partial charge < -0.3 is 15.5 Å². The predicted molar refractivity (Wildman–Crippen MR) is 124 cm³/mol. The maximum atomic E-state index is 11.6. The van der Waals surface area contributed by atoms with Crippen molar-refractivity contribution in [2.45, 2.75) is 32.4 Å². The summed E-state index contributed by atoms with van der Waals surface area (Å²) in [6, 6.07) is 8.45. The molecule has 29 heavy (non-hydrogen) atoms. The summed E-state index contributed by atoms with van der Waals surface area (Å²) in [5.74, 6) is 1.51. The van der Waals surface area contributed by atoms with Crippen molar-refractivity contribution in [2.24, 2.45) is 10.9 Å². The average Bonchev–Trinajstić information content (AvgIpc) is 3.23. The SMILES string of the molecule is CN=C(NCc1cccc(Cn2cncn2)c1)N1CCC(CC(=O)NC)CC1.I. The van der Waals surface area contributed by atoms with Gasteiger partial charge >= 0.3 is 0 Å². The Morgan fingerprint density at radius 2 is 2.03 bits per heavy atom. The standard InChI is InChI=1S/C20H29N7O.HI/c1-21-19(28)11-16-6-8-26(9-7-16)20(22-2)24-12-17-4-3-5-18(10-17)13-27-15-23-14-25-27;/h3-5,10,14-16H,6-9,11-13H2,1-2H3,(H,21,28)(H,22,24);1H. The van der Waals surface area contributed by atoms with E-state index in [9.17, 15) is 4.79 Å². The van der Waals surface area contributed by atoms with Crippen molar-refractivity contribution in [3.8, 4) is 0 Å². The minimum atomic E-state index is 0. The van der Waals surface area contributed by atoms with Crippen LogP contribution >= 0.6 is 24.0 Å². The zero-order chi connectivity index (χ0) is 19.8. The van der Waals surface area contributed by atoms with Gasteiger partial charge in [0.25, 0.3) is 0 Å². The van der Waals surface area contributed by atoms with E-state index in [1.54, 1.807) is 19.7 Å². The molecule has 1 fully saturated rings. The van der Waals surface area contributed by atoms with Crippen LogP contribution in [0.4, 0.5) is 0 Å². The van der Waals surface area contributed by atoms with Gasteiger partial charge in [-0.05, 0) is 29.9 Å². The van der Waals surface area contributed by atoms with Gasteiger partial charge in [-0.3, -0.25) is 9.79 Å². The molecule has 0 spiro atoms. The lowest BCUT2D eigenvalue weighted by atomic mass is 9.93. The number of aromatic nitrogens is 3. The van der Waals surface area contributed by atoms with Gasteiger partial charge in [-0.25, -0.2) is 9.67 Å². The minimum Gasteiger partial charge on any atom is -0.359 e. The van der Waals surface area contributed by atoms with Crippen LogP contribution < -0.4 is 10.6 Å². The second-order valence-corrected chi connectivity index (χ2v) is 7.12. The Labute approximate surface area is 189 Å². The molecule has 1 aliphatic rings. The molecule has 0 aliphatic carbocycles. The summed E-state index contributed by atoms with van der Waals surface area (Å²) in [5.41, 5.74) is 2.39. The van der Waals surface area contributed by atoms with Gasteiger partial charge in [0.2, 0.25) is 5.91 Å². The van der Waals surface area contributed by atoms with Crippen molar-refractivity contribution in [3.63, 3.8) is 0 Å². The fourth-order valence-electron chi connectivity index (χ4n) is 3.57. The molecule has 1 aromatic heterocycles. The Bertz CT molecular complexity index is 786. The Morgan fingerprint density at radius 1 is 1.28 bits per heavy atom. The third-order valence-electron chi connectivity index (χ3n) is 5.13. The number of benzene rings is 1.